The summed E-state index contributed by atoms with van der Waals surface area (Å²) in [6.45, 7) is 7.82. The van der Waals surface area contributed by atoms with Crippen LogP contribution in [0.3, 0.4) is 0 Å². The van der Waals surface area contributed by atoms with Gasteiger partial charge < -0.3 is 9.64 Å². The highest BCUT2D eigenvalue weighted by molar-refractivity contribution is 6.21. The topological polar surface area (TPSA) is 53.1 Å². The number of carbonyl (C=O) groups is 2. The third-order valence-corrected chi connectivity index (χ3v) is 5.61. The van der Waals surface area contributed by atoms with Crippen molar-refractivity contribution in [1.29, 1.82) is 0 Å². The molecule has 0 atom stereocenters. The Hall–Kier alpha value is -2.86. The summed E-state index contributed by atoms with van der Waals surface area (Å²) in [5, 5.41) is 0. The van der Waals surface area contributed by atoms with Crippen LogP contribution in [0.15, 0.2) is 48.5 Å². The highest BCUT2D eigenvalue weighted by Crippen LogP contribution is 2.29. The summed E-state index contributed by atoms with van der Waals surface area (Å²) in [6.07, 6.45) is 0.793. The van der Waals surface area contributed by atoms with Crippen LogP contribution in [-0.4, -0.2) is 67.5 Å². The van der Waals surface area contributed by atoms with Crippen molar-refractivity contribution >= 4 is 17.5 Å². The highest BCUT2D eigenvalue weighted by atomic mass is 16.5. The monoisotopic (exact) mass is 393 g/mol. The molecular weight excluding hydrogens is 366 g/mol. The molecule has 2 heterocycles. The molecule has 1 fully saturated rings. The van der Waals surface area contributed by atoms with E-state index in [1.54, 1.807) is 24.3 Å². The number of carbonyl (C=O) groups excluding carboxylic acids is 2. The van der Waals surface area contributed by atoms with E-state index >= 15 is 0 Å². The largest absolute Gasteiger partial charge is 0.492 e. The van der Waals surface area contributed by atoms with Crippen LogP contribution in [0.4, 0.5) is 5.69 Å². The van der Waals surface area contributed by atoms with Gasteiger partial charge >= 0.3 is 0 Å². The molecule has 0 aromatic heterocycles. The van der Waals surface area contributed by atoms with Crippen molar-refractivity contribution in [3.63, 3.8) is 0 Å². The van der Waals surface area contributed by atoms with E-state index in [0.717, 1.165) is 50.6 Å². The van der Waals surface area contributed by atoms with Crippen LogP contribution in [0.2, 0.25) is 0 Å². The molecule has 0 aliphatic carbocycles. The SMILES string of the molecule is CCOc1ccccc1N1CCN(CCCN2C(=O)c3ccccc3C2=O)CC1. The van der Waals surface area contributed by atoms with Gasteiger partial charge in [-0.3, -0.25) is 19.4 Å². The normalized spacial score (nSPS) is 17.0. The molecule has 0 N–H and O–H groups in total. The smallest absolute Gasteiger partial charge is 0.261 e. The minimum absolute atomic E-state index is 0.164. The fraction of sp³-hybridized carbons (Fsp3) is 0.391. The molecule has 2 aliphatic rings. The number of benzene rings is 2. The van der Waals surface area contributed by atoms with Gasteiger partial charge in [0, 0.05) is 32.7 Å². The molecule has 0 radical (unpaired) electrons. The number of anilines is 1. The standard InChI is InChI=1S/C23H27N3O3/c1-2-29-21-11-6-5-10-20(21)25-16-14-24(15-17-25)12-7-13-26-22(27)18-8-3-4-9-19(18)23(26)28/h3-6,8-11H,2,7,12-17H2,1H3. The van der Waals surface area contributed by atoms with Crippen molar-refractivity contribution in [2.45, 2.75) is 13.3 Å². The second kappa shape index (κ2) is 8.66. The third-order valence-electron chi connectivity index (χ3n) is 5.61. The van der Waals surface area contributed by atoms with Gasteiger partial charge in [0.15, 0.2) is 0 Å². The second-order valence-electron chi connectivity index (χ2n) is 7.39. The zero-order valence-electron chi connectivity index (χ0n) is 16.8. The Labute approximate surface area is 171 Å². The van der Waals surface area contributed by atoms with Crippen LogP contribution in [-0.2, 0) is 0 Å². The van der Waals surface area contributed by atoms with Crippen LogP contribution in [0, 0.1) is 0 Å². The van der Waals surface area contributed by atoms with Gasteiger partial charge in [-0.15, -0.1) is 0 Å². The van der Waals surface area contributed by atoms with Gasteiger partial charge in [-0.1, -0.05) is 24.3 Å². The summed E-state index contributed by atoms with van der Waals surface area (Å²) >= 11 is 0. The van der Waals surface area contributed by atoms with Crippen LogP contribution >= 0.6 is 0 Å². The Morgan fingerprint density at radius 2 is 1.45 bits per heavy atom. The van der Waals surface area contributed by atoms with Crippen molar-refractivity contribution in [3.8, 4) is 5.75 Å². The van der Waals surface area contributed by atoms with E-state index in [1.165, 1.54) is 4.90 Å². The first-order valence-corrected chi connectivity index (χ1v) is 10.3. The number of hydrogen-bond acceptors (Lipinski definition) is 5. The summed E-state index contributed by atoms with van der Waals surface area (Å²) in [5.41, 5.74) is 2.21. The zero-order chi connectivity index (χ0) is 20.2. The van der Waals surface area contributed by atoms with E-state index in [0.29, 0.717) is 24.3 Å². The fourth-order valence-electron chi connectivity index (χ4n) is 4.10. The predicted molar refractivity (Wildman–Crippen MR) is 113 cm³/mol. The van der Waals surface area contributed by atoms with E-state index in [2.05, 4.69) is 15.9 Å². The summed E-state index contributed by atoms with van der Waals surface area (Å²) in [6, 6.07) is 15.3. The Kier molecular flexibility index (Phi) is 5.81. The Morgan fingerprint density at radius 1 is 0.828 bits per heavy atom. The molecule has 2 aromatic rings. The number of amides is 2. The molecule has 2 aromatic carbocycles. The third kappa shape index (κ3) is 3.98. The van der Waals surface area contributed by atoms with E-state index in [-0.39, 0.29) is 11.8 Å². The lowest BCUT2D eigenvalue weighted by Gasteiger charge is -2.36. The molecule has 152 valence electrons. The van der Waals surface area contributed by atoms with Gasteiger partial charge in [0.1, 0.15) is 5.75 Å². The van der Waals surface area contributed by atoms with Crippen molar-refractivity contribution in [2.24, 2.45) is 0 Å². The number of ether oxygens (including phenoxy) is 1. The average molecular weight is 393 g/mol. The lowest BCUT2D eigenvalue weighted by atomic mass is 10.1. The first-order chi connectivity index (χ1) is 14.2. The minimum Gasteiger partial charge on any atom is -0.492 e. The van der Waals surface area contributed by atoms with Crippen LogP contribution in [0.5, 0.6) is 5.75 Å². The molecule has 29 heavy (non-hydrogen) atoms. The Morgan fingerprint density at radius 3 is 2.10 bits per heavy atom. The molecule has 0 spiro atoms. The minimum atomic E-state index is -0.164. The summed E-state index contributed by atoms with van der Waals surface area (Å²) in [5.74, 6) is 0.611. The van der Waals surface area contributed by atoms with Gasteiger partial charge in [-0.2, -0.15) is 0 Å². The van der Waals surface area contributed by atoms with Crippen molar-refractivity contribution < 1.29 is 14.3 Å². The molecule has 6 heteroatoms. The van der Waals surface area contributed by atoms with Crippen molar-refractivity contribution in [3.05, 3.63) is 59.7 Å². The first kappa shape index (κ1) is 19.5. The average Bonchev–Trinajstić information content (AvgIpc) is 3.00. The number of nitrogens with zero attached hydrogens (tertiary/aromatic N) is 3. The summed E-state index contributed by atoms with van der Waals surface area (Å²) < 4.78 is 5.76. The first-order valence-electron chi connectivity index (χ1n) is 10.3. The van der Waals surface area contributed by atoms with Gasteiger partial charge in [0.2, 0.25) is 0 Å². The molecule has 1 saturated heterocycles. The van der Waals surface area contributed by atoms with Gasteiger partial charge in [-0.25, -0.2) is 0 Å². The van der Waals surface area contributed by atoms with E-state index in [1.807, 2.05) is 25.1 Å². The Bertz CT molecular complexity index is 855. The molecule has 0 saturated carbocycles. The van der Waals surface area contributed by atoms with Gasteiger partial charge in [0.25, 0.3) is 11.8 Å². The zero-order valence-corrected chi connectivity index (χ0v) is 16.8. The van der Waals surface area contributed by atoms with Crippen LogP contribution in [0.1, 0.15) is 34.1 Å². The lowest BCUT2D eigenvalue weighted by molar-refractivity contribution is 0.0647. The maximum atomic E-state index is 12.4. The molecule has 2 aliphatic heterocycles. The van der Waals surface area contributed by atoms with Gasteiger partial charge in [-0.05, 0) is 44.2 Å². The van der Waals surface area contributed by atoms with Crippen molar-refractivity contribution in [1.82, 2.24) is 9.80 Å². The highest BCUT2D eigenvalue weighted by Gasteiger charge is 2.34. The molecule has 2 amide bonds. The molecule has 4 rings (SSSR count). The number of hydrogen-bond donors (Lipinski definition) is 0. The number of piperazine rings is 1. The summed E-state index contributed by atoms with van der Waals surface area (Å²) in [7, 11) is 0. The van der Waals surface area contributed by atoms with E-state index in [9.17, 15) is 9.59 Å². The van der Waals surface area contributed by atoms with Crippen molar-refractivity contribution in [2.75, 3.05) is 50.8 Å². The number of imide groups is 1. The molecule has 0 unspecified atom stereocenters. The Balaban J connectivity index is 1.26. The number of fused-ring (bicyclic) bond motifs is 1. The fourth-order valence-corrected chi connectivity index (χ4v) is 4.10. The lowest BCUT2D eigenvalue weighted by Crippen LogP contribution is -2.47. The number of rotatable bonds is 7. The maximum Gasteiger partial charge on any atom is 0.261 e. The predicted octanol–water partition coefficient (Wildman–Crippen LogP) is 2.89. The van der Waals surface area contributed by atoms with E-state index < -0.39 is 0 Å². The van der Waals surface area contributed by atoms with Gasteiger partial charge in [0.05, 0.1) is 23.4 Å². The van der Waals surface area contributed by atoms with Crippen LogP contribution < -0.4 is 9.64 Å². The van der Waals surface area contributed by atoms with E-state index in [4.69, 9.17) is 4.74 Å². The second-order valence-corrected chi connectivity index (χ2v) is 7.39. The van der Waals surface area contributed by atoms with Crippen LogP contribution in [0.25, 0.3) is 0 Å². The molecule has 0 bridgehead atoms. The quantitative estimate of drug-likeness (QED) is 0.677. The molecular formula is C23H27N3O3. The maximum absolute atomic E-state index is 12.4. The molecule has 6 nitrogen and oxygen atoms in total. The summed E-state index contributed by atoms with van der Waals surface area (Å²) in [4.78, 5) is 31.1. The number of para-hydroxylation sites is 2.